The minimum Gasteiger partial charge on any atom is -0.324 e. The highest BCUT2D eigenvalue weighted by atomic mass is 79.9. The fourth-order valence-corrected chi connectivity index (χ4v) is 2.59. The lowest BCUT2D eigenvalue weighted by Crippen LogP contribution is -2.06. The second-order valence-electron chi connectivity index (χ2n) is 4.49. The van der Waals surface area contributed by atoms with Gasteiger partial charge in [0.05, 0.1) is 11.2 Å². The summed E-state index contributed by atoms with van der Waals surface area (Å²) in [5, 5.41) is 8.37. The van der Waals surface area contributed by atoms with Gasteiger partial charge in [0.2, 0.25) is 0 Å². The lowest BCUT2D eigenvalue weighted by molar-refractivity contribution is 0.803. The number of rotatable bonds is 2. The minimum absolute atomic E-state index is 0.0119. The van der Waals surface area contributed by atoms with E-state index in [0.29, 0.717) is 0 Å². The van der Waals surface area contributed by atoms with Crippen molar-refractivity contribution in [3.8, 4) is 5.69 Å². The van der Waals surface area contributed by atoms with E-state index in [2.05, 4.69) is 26.2 Å². The van der Waals surface area contributed by atoms with Gasteiger partial charge in [-0.25, -0.2) is 4.68 Å². The number of halogens is 1. The zero-order valence-electron chi connectivity index (χ0n) is 10.4. The van der Waals surface area contributed by atoms with Gasteiger partial charge < -0.3 is 5.73 Å². The second kappa shape index (κ2) is 4.75. The minimum atomic E-state index is 0.0119. The summed E-state index contributed by atoms with van der Waals surface area (Å²) in [6, 6.07) is 13.9. The SMILES string of the molecule is CC(N)c1ccc(-n2nnc3ccccc32)c(Br)c1. The van der Waals surface area contributed by atoms with E-state index in [1.54, 1.807) is 0 Å². The second-order valence-corrected chi connectivity index (χ2v) is 5.34. The molecule has 2 N–H and O–H groups in total. The standard InChI is InChI=1S/C14H13BrN4/c1-9(16)10-6-7-13(11(15)8-10)19-14-5-3-2-4-12(14)17-18-19/h2-9H,16H2,1H3. The van der Waals surface area contributed by atoms with Crippen LogP contribution in [0, 0.1) is 0 Å². The van der Waals surface area contributed by atoms with Crippen LogP contribution in [0.15, 0.2) is 46.9 Å². The van der Waals surface area contributed by atoms with Crippen LogP contribution in [-0.2, 0) is 0 Å². The molecule has 0 saturated heterocycles. The van der Waals surface area contributed by atoms with Crippen molar-refractivity contribution in [3.63, 3.8) is 0 Å². The molecule has 0 fully saturated rings. The Kier molecular flexibility index (Phi) is 3.08. The molecule has 0 bridgehead atoms. The molecule has 2 aromatic carbocycles. The number of nitrogens with zero attached hydrogens (tertiary/aromatic N) is 3. The van der Waals surface area contributed by atoms with Crippen LogP contribution in [0.1, 0.15) is 18.5 Å². The average molecular weight is 317 g/mol. The fraction of sp³-hybridized carbons (Fsp3) is 0.143. The molecule has 0 spiro atoms. The van der Waals surface area contributed by atoms with Crippen molar-refractivity contribution in [2.24, 2.45) is 5.73 Å². The Bertz CT molecular complexity index is 733. The summed E-state index contributed by atoms with van der Waals surface area (Å²) in [5.41, 5.74) is 9.79. The fourth-order valence-electron chi connectivity index (χ4n) is 2.03. The van der Waals surface area contributed by atoms with Crippen LogP contribution in [0.4, 0.5) is 0 Å². The maximum atomic E-state index is 5.89. The molecule has 5 heteroatoms. The number of nitrogens with two attached hydrogens (primary N) is 1. The van der Waals surface area contributed by atoms with Crippen LogP contribution in [0.5, 0.6) is 0 Å². The smallest absolute Gasteiger partial charge is 0.113 e. The third-order valence-corrected chi connectivity index (χ3v) is 3.71. The predicted molar refractivity (Wildman–Crippen MR) is 79.2 cm³/mol. The van der Waals surface area contributed by atoms with Gasteiger partial charge in [-0.05, 0) is 52.7 Å². The first kappa shape index (κ1) is 12.3. The van der Waals surface area contributed by atoms with Crippen molar-refractivity contribution < 1.29 is 0 Å². The van der Waals surface area contributed by atoms with Crippen molar-refractivity contribution >= 4 is 27.0 Å². The predicted octanol–water partition coefficient (Wildman–Crippen LogP) is 3.20. The molecule has 3 aromatic rings. The first-order valence-electron chi connectivity index (χ1n) is 6.02. The molecule has 3 rings (SSSR count). The van der Waals surface area contributed by atoms with E-state index in [0.717, 1.165) is 26.8 Å². The quantitative estimate of drug-likeness (QED) is 0.789. The van der Waals surface area contributed by atoms with E-state index in [4.69, 9.17) is 5.73 Å². The first-order chi connectivity index (χ1) is 9.16. The molecule has 1 aromatic heterocycles. The van der Waals surface area contributed by atoms with E-state index in [1.807, 2.05) is 54.1 Å². The molecule has 1 heterocycles. The Morgan fingerprint density at radius 1 is 1.21 bits per heavy atom. The van der Waals surface area contributed by atoms with Crippen molar-refractivity contribution in [2.45, 2.75) is 13.0 Å². The summed E-state index contributed by atoms with van der Waals surface area (Å²) in [5.74, 6) is 0. The van der Waals surface area contributed by atoms with Gasteiger partial charge in [0.15, 0.2) is 0 Å². The van der Waals surface area contributed by atoms with E-state index in [9.17, 15) is 0 Å². The number of hydrogen-bond donors (Lipinski definition) is 1. The largest absolute Gasteiger partial charge is 0.324 e. The Labute approximate surface area is 119 Å². The summed E-state index contributed by atoms with van der Waals surface area (Å²) in [4.78, 5) is 0. The molecular weight excluding hydrogens is 304 g/mol. The molecule has 0 saturated carbocycles. The summed E-state index contributed by atoms with van der Waals surface area (Å²) >= 11 is 3.58. The molecule has 1 atom stereocenters. The average Bonchev–Trinajstić information content (AvgIpc) is 2.82. The van der Waals surface area contributed by atoms with Crippen molar-refractivity contribution in [2.75, 3.05) is 0 Å². The van der Waals surface area contributed by atoms with Gasteiger partial charge in [-0.1, -0.05) is 23.4 Å². The summed E-state index contributed by atoms with van der Waals surface area (Å²) in [6.07, 6.45) is 0. The lowest BCUT2D eigenvalue weighted by Gasteiger charge is -2.10. The normalized spacial score (nSPS) is 12.8. The highest BCUT2D eigenvalue weighted by molar-refractivity contribution is 9.10. The molecule has 0 amide bonds. The van der Waals surface area contributed by atoms with Crippen molar-refractivity contribution in [3.05, 3.63) is 52.5 Å². The van der Waals surface area contributed by atoms with Gasteiger partial charge in [0.25, 0.3) is 0 Å². The topological polar surface area (TPSA) is 56.7 Å². The molecule has 96 valence electrons. The molecule has 19 heavy (non-hydrogen) atoms. The number of fused-ring (bicyclic) bond motifs is 1. The molecule has 0 aliphatic heterocycles. The summed E-state index contributed by atoms with van der Waals surface area (Å²) in [7, 11) is 0. The third kappa shape index (κ3) is 2.15. The van der Waals surface area contributed by atoms with Gasteiger partial charge >= 0.3 is 0 Å². The van der Waals surface area contributed by atoms with E-state index >= 15 is 0 Å². The maximum Gasteiger partial charge on any atom is 0.113 e. The van der Waals surface area contributed by atoms with Gasteiger partial charge in [-0.3, -0.25) is 0 Å². The third-order valence-electron chi connectivity index (χ3n) is 3.08. The number of hydrogen-bond acceptors (Lipinski definition) is 3. The van der Waals surface area contributed by atoms with Crippen LogP contribution in [0.25, 0.3) is 16.7 Å². The lowest BCUT2D eigenvalue weighted by atomic mass is 10.1. The molecule has 0 aliphatic carbocycles. The zero-order chi connectivity index (χ0) is 13.4. The van der Waals surface area contributed by atoms with Crippen LogP contribution in [-0.4, -0.2) is 15.0 Å². The Morgan fingerprint density at radius 2 is 2.00 bits per heavy atom. The number of para-hydroxylation sites is 1. The Hall–Kier alpha value is -1.72. The van der Waals surface area contributed by atoms with Crippen LogP contribution in [0.2, 0.25) is 0 Å². The molecule has 0 radical (unpaired) electrons. The van der Waals surface area contributed by atoms with Crippen LogP contribution in [0.3, 0.4) is 0 Å². The summed E-state index contributed by atoms with van der Waals surface area (Å²) in [6.45, 7) is 1.96. The van der Waals surface area contributed by atoms with Gasteiger partial charge in [-0.15, -0.1) is 5.10 Å². The van der Waals surface area contributed by atoms with Gasteiger partial charge in [0.1, 0.15) is 5.52 Å². The van der Waals surface area contributed by atoms with E-state index in [1.165, 1.54) is 0 Å². The Morgan fingerprint density at radius 3 is 2.74 bits per heavy atom. The highest BCUT2D eigenvalue weighted by Gasteiger charge is 2.10. The van der Waals surface area contributed by atoms with Crippen molar-refractivity contribution in [1.29, 1.82) is 0 Å². The maximum absolute atomic E-state index is 5.89. The molecule has 4 nitrogen and oxygen atoms in total. The van der Waals surface area contributed by atoms with Crippen LogP contribution < -0.4 is 5.73 Å². The van der Waals surface area contributed by atoms with Gasteiger partial charge in [-0.2, -0.15) is 0 Å². The number of benzene rings is 2. The summed E-state index contributed by atoms with van der Waals surface area (Å²) < 4.78 is 2.78. The van der Waals surface area contributed by atoms with Crippen LogP contribution >= 0.6 is 15.9 Å². The molecule has 0 aliphatic rings. The Balaban J connectivity index is 2.17. The van der Waals surface area contributed by atoms with E-state index < -0.39 is 0 Å². The monoisotopic (exact) mass is 316 g/mol. The molecular formula is C14H13BrN4. The molecule has 1 unspecified atom stereocenters. The van der Waals surface area contributed by atoms with Crippen molar-refractivity contribution in [1.82, 2.24) is 15.0 Å². The zero-order valence-corrected chi connectivity index (χ0v) is 12.0. The number of aromatic nitrogens is 3. The van der Waals surface area contributed by atoms with E-state index in [-0.39, 0.29) is 6.04 Å². The first-order valence-corrected chi connectivity index (χ1v) is 6.82. The highest BCUT2D eigenvalue weighted by Crippen LogP contribution is 2.26. The van der Waals surface area contributed by atoms with Gasteiger partial charge in [0, 0.05) is 10.5 Å².